The van der Waals surface area contributed by atoms with Crippen molar-refractivity contribution in [3.05, 3.63) is 146 Å². The smallest absolute Gasteiger partial charge is 0.235 e. The fourth-order valence-corrected chi connectivity index (χ4v) is 9.68. The summed E-state index contributed by atoms with van der Waals surface area (Å²) in [5.74, 6) is 0.683. The van der Waals surface area contributed by atoms with E-state index in [1.807, 2.05) is 0 Å². The Morgan fingerprint density at radius 3 is 1.86 bits per heavy atom. The van der Waals surface area contributed by atoms with Gasteiger partial charge in [-0.15, -0.1) is 11.3 Å². The topological polar surface area (TPSA) is 35.1 Å². The zero-order chi connectivity index (χ0) is 31.8. The van der Waals surface area contributed by atoms with Gasteiger partial charge in [0.05, 0.1) is 43.5 Å². The van der Waals surface area contributed by atoms with Gasteiger partial charge >= 0.3 is 0 Å². The number of hydrogen-bond donors (Lipinski definition) is 0. The molecule has 5 heterocycles. The van der Waals surface area contributed by atoms with Gasteiger partial charge in [0.1, 0.15) is 0 Å². The molecule has 0 saturated heterocycles. The fraction of sp³-hybridized carbons (Fsp3) is 0. The van der Waals surface area contributed by atoms with Gasteiger partial charge in [-0.3, -0.25) is 4.57 Å². The lowest BCUT2D eigenvalue weighted by Gasteiger charge is -2.12. The summed E-state index contributed by atoms with van der Waals surface area (Å²) in [5.41, 5.74) is 8.93. The number of aromatic nitrogens is 4. The molecule has 0 bridgehead atoms. The quantitative estimate of drug-likeness (QED) is 0.188. The Kier molecular flexibility index (Phi) is 4.83. The van der Waals surface area contributed by atoms with Crippen LogP contribution in [0.4, 0.5) is 0 Å². The van der Waals surface area contributed by atoms with Crippen LogP contribution in [0.2, 0.25) is 0 Å². The highest BCUT2D eigenvalue weighted by atomic mass is 32.1. The van der Waals surface area contributed by atoms with E-state index in [1.54, 1.807) is 11.3 Å². The van der Waals surface area contributed by atoms with E-state index in [0.29, 0.717) is 5.95 Å². The highest BCUT2D eigenvalue weighted by molar-refractivity contribution is 7.26. The van der Waals surface area contributed by atoms with Gasteiger partial charge in [0, 0.05) is 48.0 Å². The average molecular weight is 641 g/mol. The van der Waals surface area contributed by atoms with E-state index >= 15 is 0 Å². The van der Waals surface area contributed by atoms with Crippen molar-refractivity contribution in [2.24, 2.45) is 0 Å². The first-order valence-corrected chi connectivity index (χ1v) is 17.4. The molecule has 0 spiro atoms. The fourth-order valence-electron chi connectivity index (χ4n) is 8.52. The van der Waals surface area contributed by atoms with Crippen molar-refractivity contribution >= 4 is 102 Å². The molecule has 12 aromatic rings. The molecule has 0 aliphatic heterocycles. The number of rotatable bonds is 2. The Balaban J connectivity index is 1.39. The maximum absolute atomic E-state index is 5.52. The zero-order valence-corrected chi connectivity index (χ0v) is 26.9. The predicted octanol–water partition coefficient (Wildman–Crippen LogP) is 11.9. The van der Waals surface area contributed by atoms with Crippen molar-refractivity contribution < 1.29 is 0 Å². The molecule has 5 heteroatoms. The van der Waals surface area contributed by atoms with Crippen LogP contribution in [-0.4, -0.2) is 18.9 Å². The molecule has 226 valence electrons. The van der Waals surface area contributed by atoms with Crippen molar-refractivity contribution in [2.45, 2.75) is 0 Å². The molecular formula is C44H24N4S. The van der Waals surface area contributed by atoms with Gasteiger partial charge in [0.2, 0.25) is 5.95 Å². The third-order valence-corrected chi connectivity index (χ3v) is 11.6. The van der Waals surface area contributed by atoms with E-state index in [4.69, 9.17) is 9.97 Å². The predicted molar refractivity (Wildman–Crippen MR) is 207 cm³/mol. The highest BCUT2D eigenvalue weighted by Crippen LogP contribution is 2.48. The van der Waals surface area contributed by atoms with Gasteiger partial charge in [-0.05, 0) is 29.0 Å². The van der Waals surface area contributed by atoms with E-state index in [0.717, 1.165) is 37.9 Å². The lowest BCUT2D eigenvalue weighted by Crippen LogP contribution is -2.03. The Morgan fingerprint density at radius 2 is 1.04 bits per heavy atom. The number of fused-ring (bicyclic) bond motifs is 16. The molecule has 0 saturated carbocycles. The molecule has 0 aliphatic carbocycles. The molecule has 7 aromatic carbocycles. The summed E-state index contributed by atoms with van der Waals surface area (Å²) < 4.78 is 7.18. The summed E-state index contributed by atoms with van der Waals surface area (Å²) in [4.78, 5) is 11.0. The van der Waals surface area contributed by atoms with Gasteiger partial charge in [0.15, 0.2) is 0 Å². The molecule has 0 amide bonds. The van der Waals surface area contributed by atoms with Gasteiger partial charge in [0.25, 0.3) is 0 Å². The van der Waals surface area contributed by atoms with Crippen molar-refractivity contribution in [1.82, 2.24) is 18.9 Å². The standard InChI is InChI=1S/C44H24N4S/c1-2-13-25(14-3-1)38-43-39(31-19-8-11-24-35(31)49-43)46-44(45-38)48-34-23-10-7-18-30(34)36-27-16-4-5-17-28(27)37-32-21-12-20-29-26-15-6-9-22-33(26)47(40(29)32)41(37)42(36)48/h1-24H. The van der Waals surface area contributed by atoms with Crippen LogP contribution < -0.4 is 0 Å². The minimum absolute atomic E-state index is 0.683. The van der Waals surface area contributed by atoms with E-state index in [1.165, 1.54) is 64.3 Å². The van der Waals surface area contributed by atoms with E-state index in [2.05, 4.69) is 155 Å². The van der Waals surface area contributed by atoms with Crippen molar-refractivity contribution in [3.63, 3.8) is 0 Å². The number of thiophene rings is 1. The van der Waals surface area contributed by atoms with Gasteiger partial charge in [-0.25, -0.2) is 9.97 Å². The number of benzene rings is 7. The SMILES string of the molecule is c1ccc(-c2nc(-n3c4ccccc4c4c5ccccc5c5c6cccc7c8ccccc8n(c76)c5c43)nc3c2sc2ccccc23)cc1. The minimum atomic E-state index is 0.683. The average Bonchev–Trinajstić information content (AvgIpc) is 3.91. The summed E-state index contributed by atoms with van der Waals surface area (Å²) in [6, 6.07) is 52.4. The maximum atomic E-state index is 5.52. The second-order valence-electron chi connectivity index (χ2n) is 12.9. The normalized spacial score (nSPS) is 12.5. The van der Waals surface area contributed by atoms with Crippen LogP contribution in [0, 0.1) is 0 Å². The molecule has 5 aromatic heterocycles. The summed E-state index contributed by atoms with van der Waals surface area (Å²) >= 11 is 1.77. The number of hydrogen-bond acceptors (Lipinski definition) is 3. The van der Waals surface area contributed by atoms with Crippen LogP contribution in [0.3, 0.4) is 0 Å². The zero-order valence-electron chi connectivity index (χ0n) is 26.1. The molecule has 0 N–H and O–H groups in total. The summed E-state index contributed by atoms with van der Waals surface area (Å²) in [6.45, 7) is 0. The Morgan fingerprint density at radius 1 is 0.429 bits per heavy atom. The van der Waals surface area contributed by atoms with E-state index < -0.39 is 0 Å². The molecule has 0 unspecified atom stereocenters. The molecular weight excluding hydrogens is 617 g/mol. The van der Waals surface area contributed by atoms with Crippen molar-refractivity contribution in [2.75, 3.05) is 0 Å². The molecule has 0 fully saturated rings. The van der Waals surface area contributed by atoms with Gasteiger partial charge in [-0.2, -0.15) is 0 Å². The monoisotopic (exact) mass is 640 g/mol. The molecule has 0 aliphatic rings. The van der Waals surface area contributed by atoms with Crippen LogP contribution in [-0.2, 0) is 0 Å². The molecule has 0 radical (unpaired) electrons. The van der Waals surface area contributed by atoms with Crippen molar-refractivity contribution in [1.29, 1.82) is 0 Å². The lowest BCUT2D eigenvalue weighted by atomic mass is 9.98. The Labute approximate surface area is 283 Å². The van der Waals surface area contributed by atoms with Crippen LogP contribution in [0.25, 0.3) is 108 Å². The number of nitrogens with zero attached hydrogens (tertiary/aromatic N) is 4. The van der Waals surface area contributed by atoms with E-state index in [9.17, 15) is 0 Å². The lowest BCUT2D eigenvalue weighted by molar-refractivity contribution is 1.02. The second kappa shape index (κ2) is 9.19. The Bertz CT molecular complexity index is 3320. The summed E-state index contributed by atoms with van der Waals surface area (Å²) in [7, 11) is 0. The largest absolute Gasteiger partial charge is 0.306 e. The first kappa shape index (κ1) is 25.7. The van der Waals surface area contributed by atoms with E-state index in [-0.39, 0.29) is 0 Å². The van der Waals surface area contributed by atoms with Crippen LogP contribution in [0.15, 0.2) is 146 Å². The maximum Gasteiger partial charge on any atom is 0.235 e. The Hall–Kier alpha value is -6.30. The minimum Gasteiger partial charge on any atom is -0.306 e. The summed E-state index contributed by atoms with van der Waals surface area (Å²) in [5, 5.41) is 11.2. The van der Waals surface area contributed by atoms with Crippen molar-refractivity contribution in [3.8, 4) is 17.2 Å². The molecule has 0 atom stereocenters. The van der Waals surface area contributed by atoms with Crippen LogP contribution in [0.1, 0.15) is 0 Å². The van der Waals surface area contributed by atoms with Crippen LogP contribution >= 0.6 is 11.3 Å². The third kappa shape index (κ3) is 3.18. The molecule has 49 heavy (non-hydrogen) atoms. The van der Waals surface area contributed by atoms with Gasteiger partial charge < -0.3 is 4.40 Å². The first-order valence-electron chi connectivity index (χ1n) is 16.6. The third-order valence-electron chi connectivity index (χ3n) is 10.4. The van der Waals surface area contributed by atoms with Gasteiger partial charge in [-0.1, -0.05) is 127 Å². The second-order valence-corrected chi connectivity index (χ2v) is 14.0. The van der Waals surface area contributed by atoms with Crippen LogP contribution in [0.5, 0.6) is 0 Å². The highest BCUT2D eigenvalue weighted by Gasteiger charge is 2.27. The number of para-hydroxylation sites is 3. The summed E-state index contributed by atoms with van der Waals surface area (Å²) in [6.07, 6.45) is 0. The molecule has 4 nitrogen and oxygen atoms in total. The molecule has 12 rings (SSSR count). The first-order chi connectivity index (χ1) is 24.3.